The zero-order chi connectivity index (χ0) is 19.4. The molecule has 1 aromatic heterocycles. The zero-order valence-corrected chi connectivity index (χ0v) is 17.0. The van der Waals surface area contributed by atoms with Gasteiger partial charge in [-0.3, -0.25) is 9.59 Å². The van der Waals surface area contributed by atoms with E-state index in [1.807, 2.05) is 24.3 Å². The molecule has 0 aliphatic carbocycles. The lowest BCUT2D eigenvalue weighted by molar-refractivity contribution is -0.114. The van der Waals surface area contributed by atoms with E-state index in [1.165, 1.54) is 18.7 Å². The largest absolute Gasteiger partial charge is 0.411 e. The third-order valence-corrected chi connectivity index (χ3v) is 5.04. The normalized spacial score (nSPS) is 11.8. The molecule has 3 aromatic rings. The topological polar surface area (TPSA) is 85.1 Å². The first-order chi connectivity index (χ1) is 12.9. The molecule has 0 bridgehead atoms. The summed E-state index contributed by atoms with van der Waals surface area (Å²) in [6.07, 6.45) is 0. The summed E-state index contributed by atoms with van der Waals surface area (Å²) in [5, 5.41) is 10.7. The molecule has 3 rings (SSSR count). The lowest BCUT2D eigenvalue weighted by Gasteiger charge is -2.08. The Morgan fingerprint density at radius 2 is 1.89 bits per heavy atom. The summed E-state index contributed by atoms with van der Waals surface area (Å²) in [6.45, 7) is 3.22. The first kappa shape index (κ1) is 19.3. The van der Waals surface area contributed by atoms with E-state index in [0.29, 0.717) is 22.4 Å². The van der Waals surface area contributed by atoms with Crippen molar-refractivity contribution in [3.8, 4) is 11.5 Å². The minimum absolute atomic E-state index is 0.0587. The van der Waals surface area contributed by atoms with E-state index in [4.69, 9.17) is 4.42 Å². The highest BCUT2D eigenvalue weighted by atomic mass is 79.9. The van der Waals surface area contributed by atoms with Gasteiger partial charge in [-0.25, -0.2) is 0 Å². The Morgan fingerprint density at radius 1 is 1.15 bits per heavy atom. The van der Waals surface area contributed by atoms with Crippen LogP contribution in [0.4, 0.5) is 5.69 Å². The maximum absolute atomic E-state index is 12.6. The third kappa shape index (κ3) is 5.05. The number of hydrogen-bond donors (Lipinski definition) is 1. The van der Waals surface area contributed by atoms with Crippen LogP contribution in [0.5, 0.6) is 0 Å². The number of halogens is 1. The standard InChI is InChI=1S/C19H16BrN3O3S/c1-11(17(25)13-6-8-16(9-7-13)21-12(2)24)27-19-23-22-18(26-19)14-4-3-5-15(20)10-14/h3-11H,1-2H3,(H,21,24). The minimum atomic E-state index is -0.396. The van der Waals surface area contributed by atoms with Gasteiger partial charge in [-0.1, -0.05) is 33.8 Å². The van der Waals surface area contributed by atoms with Gasteiger partial charge in [0.2, 0.25) is 11.8 Å². The average molecular weight is 446 g/mol. The second-order valence-corrected chi connectivity index (χ2v) is 7.97. The van der Waals surface area contributed by atoms with Crippen LogP contribution in [0.2, 0.25) is 0 Å². The molecule has 1 N–H and O–H groups in total. The number of nitrogens with one attached hydrogen (secondary N) is 1. The molecule has 6 nitrogen and oxygen atoms in total. The van der Waals surface area contributed by atoms with Gasteiger partial charge in [0.25, 0.3) is 5.22 Å². The molecular formula is C19H16BrN3O3S. The number of aromatic nitrogens is 2. The van der Waals surface area contributed by atoms with E-state index >= 15 is 0 Å². The van der Waals surface area contributed by atoms with Crippen LogP contribution in [0, 0.1) is 0 Å². The highest BCUT2D eigenvalue weighted by Crippen LogP contribution is 2.29. The number of anilines is 1. The van der Waals surface area contributed by atoms with Gasteiger partial charge in [-0.05, 0) is 49.4 Å². The number of rotatable bonds is 6. The smallest absolute Gasteiger partial charge is 0.277 e. The Hall–Kier alpha value is -2.45. The van der Waals surface area contributed by atoms with E-state index in [1.54, 1.807) is 31.2 Å². The second kappa shape index (κ2) is 8.49. The first-order valence-electron chi connectivity index (χ1n) is 8.10. The van der Waals surface area contributed by atoms with Crippen molar-refractivity contribution in [3.05, 3.63) is 58.6 Å². The number of carbonyl (C=O) groups is 2. The van der Waals surface area contributed by atoms with Crippen molar-refractivity contribution >= 4 is 45.1 Å². The van der Waals surface area contributed by atoms with Crippen LogP contribution < -0.4 is 5.32 Å². The van der Waals surface area contributed by atoms with Crippen molar-refractivity contribution in [1.29, 1.82) is 0 Å². The molecule has 1 atom stereocenters. The predicted molar refractivity (Wildman–Crippen MR) is 108 cm³/mol. The molecule has 8 heteroatoms. The number of benzene rings is 2. The summed E-state index contributed by atoms with van der Waals surface area (Å²) in [5.74, 6) is 0.185. The Labute approximate surface area is 168 Å². The molecule has 138 valence electrons. The minimum Gasteiger partial charge on any atom is -0.411 e. The third-order valence-electron chi connectivity index (χ3n) is 3.61. The van der Waals surface area contributed by atoms with E-state index in [0.717, 1.165) is 10.0 Å². The van der Waals surface area contributed by atoms with E-state index in [9.17, 15) is 9.59 Å². The Bertz CT molecular complexity index is 972. The van der Waals surface area contributed by atoms with Crippen LogP contribution in [0.3, 0.4) is 0 Å². The number of nitrogens with zero attached hydrogens (tertiary/aromatic N) is 2. The molecule has 0 aliphatic rings. The Morgan fingerprint density at radius 3 is 2.56 bits per heavy atom. The van der Waals surface area contributed by atoms with Crippen LogP contribution in [0.15, 0.2) is 62.6 Å². The number of amides is 1. The Balaban J connectivity index is 1.67. The molecule has 1 amide bonds. The van der Waals surface area contributed by atoms with Crippen molar-refractivity contribution < 1.29 is 14.0 Å². The van der Waals surface area contributed by atoms with E-state index in [2.05, 4.69) is 31.4 Å². The Kier molecular flexibility index (Phi) is 6.08. The molecule has 1 heterocycles. The van der Waals surface area contributed by atoms with Gasteiger partial charge in [-0.2, -0.15) is 0 Å². The number of Topliss-reactive ketones (excluding diaryl/α,β-unsaturated/α-hetero) is 1. The summed E-state index contributed by atoms with van der Waals surface area (Å²) in [5.41, 5.74) is 2.00. The highest BCUT2D eigenvalue weighted by Gasteiger charge is 2.20. The summed E-state index contributed by atoms with van der Waals surface area (Å²) in [7, 11) is 0. The number of carbonyl (C=O) groups excluding carboxylic acids is 2. The molecule has 0 fully saturated rings. The molecule has 27 heavy (non-hydrogen) atoms. The van der Waals surface area contributed by atoms with Crippen molar-refractivity contribution in [1.82, 2.24) is 10.2 Å². The van der Waals surface area contributed by atoms with Crippen LogP contribution >= 0.6 is 27.7 Å². The maximum Gasteiger partial charge on any atom is 0.277 e. The van der Waals surface area contributed by atoms with Crippen molar-refractivity contribution in [3.63, 3.8) is 0 Å². The van der Waals surface area contributed by atoms with Crippen LogP contribution in [0.25, 0.3) is 11.5 Å². The van der Waals surface area contributed by atoms with Crippen LogP contribution in [0.1, 0.15) is 24.2 Å². The number of thioether (sulfide) groups is 1. The van der Waals surface area contributed by atoms with Gasteiger partial charge in [-0.15, -0.1) is 10.2 Å². The number of ketones is 1. The van der Waals surface area contributed by atoms with Crippen molar-refractivity contribution in [2.75, 3.05) is 5.32 Å². The fraction of sp³-hybridized carbons (Fsp3) is 0.158. The fourth-order valence-corrected chi connectivity index (χ4v) is 3.52. The summed E-state index contributed by atoms with van der Waals surface area (Å²) in [4.78, 5) is 23.7. The SMILES string of the molecule is CC(=O)Nc1ccc(C(=O)C(C)Sc2nnc(-c3cccc(Br)c3)o2)cc1. The molecule has 0 aliphatic heterocycles. The van der Waals surface area contributed by atoms with E-state index in [-0.39, 0.29) is 11.7 Å². The van der Waals surface area contributed by atoms with Gasteiger partial charge < -0.3 is 9.73 Å². The zero-order valence-electron chi connectivity index (χ0n) is 14.6. The van der Waals surface area contributed by atoms with Gasteiger partial charge >= 0.3 is 0 Å². The highest BCUT2D eigenvalue weighted by molar-refractivity contribution is 9.10. The second-order valence-electron chi connectivity index (χ2n) is 5.77. The summed E-state index contributed by atoms with van der Waals surface area (Å²) >= 11 is 4.62. The molecule has 0 saturated carbocycles. The lowest BCUT2D eigenvalue weighted by atomic mass is 10.1. The molecule has 0 radical (unpaired) electrons. The maximum atomic E-state index is 12.6. The monoisotopic (exact) mass is 445 g/mol. The van der Waals surface area contributed by atoms with Gasteiger partial charge in [0, 0.05) is 28.2 Å². The van der Waals surface area contributed by atoms with Gasteiger partial charge in [0.1, 0.15) is 0 Å². The van der Waals surface area contributed by atoms with Gasteiger partial charge in [0.05, 0.1) is 5.25 Å². The predicted octanol–water partition coefficient (Wildman–Crippen LogP) is 4.82. The van der Waals surface area contributed by atoms with E-state index < -0.39 is 5.25 Å². The van der Waals surface area contributed by atoms with Gasteiger partial charge in [0.15, 0.2) is 5.78 Å². The molecular weight excluding hydrogens is 430 g/mol. The molecule has 0 saturated heterocycles. The van der Waals surface area contributed by atoms with Crippen LogP contribution in [-0.4, -0.2) is 27.1 Å². The van der Waals surface area contributed by atoms with Crippen LogP contribution in [-0.2, 0) is 4.79 Å². The molecule has 1 unspecified atom stereocenters. The average Bonchev–Trinajstić information content (AvgIpc) is 3.10. The quantitative estimate of drug-likeness (QED) is 0.432. The van der Waals surface area contributed by atoms with Crippen molar-refractivity contribution in [2.24, 2.45) is 0 Å². The summed E-state index contributed by atoms with van der Waals surface area (Å²) in [6, 6.07) is 14.3. The molecule has 0 spiro atoms. The lowest BCUT2D eigenvalue weighted by Crippen LogP contribution is -2.13. The first-order valence-corrected chi connectivity index (χ1v) is 9.77. The molecule has 2 aromatic carbocycles. The number of hydrogen-bond acceptors (Lipinski definition) is 6. The fourth-order valence-electron chi connectivity index (χ4n) is 2.36. The van der Waals surface area contributed by atoms with Crippen molar-refractivity contribution in [2.45, 2.75) is 24.3 Å². The summed E-state index contributed by atoms with van der Waals surface area (Å²) < 4.78 is 6.58.